The number of anilines is 1. The summed E-state index contributed by atoms with van der Waals surface area (Å²) in [6.45, 7) is 6.91. The number of pyridine rings is 1. The molecule has 2 aromatic heterocycles. The van der Waals surface area contributed by atoms with E-state index in [2.05, 4.69) is 16.5 Å². The molecule has 2 saturated heterocycles. The number of likely N-dealkylation sites (tertiary alicyclic amines) is 2. The lowest BCUT2D eigenvalue weighted by Gasteiger charge is -2.35. The highest BCUT2D eigenvalue weighted by atomic mass is 19.1. The van der Waals surface area contributed by atoms with Crippen LogP contribution in [-0.4, -0.2) is 88.7 Å². The van der Waals surface area contributed by atoms with Gasteiger partial charge in [-0.25, -0.2) is 17.6 Å². The van der Waals surface area contributed by atoms with Gasteiger partial charge in [0.15, 0.2) is 5.82 Å². The van der Waals surface area contributed by atoms with Gasteiger partial charge in [-0.3, -0.25) is 14.7 Å². The van der Waals surface area contributed by atoms with Gasteiger partial charge in [-0.2, -0.15) is 9.97 Å². The average molecular weight is 637 g/mol. The summed E-state index contributed by atoms with van der Waals surface area (Å²) in [5.74, 6) is -2.25. The number of rotatable bonds is 9. The van der Waals surface area contributed by atoms with Gasteiger partial charge in [0.1, 0.15) is 41.4 Å². The second kappa shape index (κ2) is 12.5. The molecule has 2 aliphatic rings. The molecule has 4 aromatic rings. The highest BCUT2D eigenvalue weighted by Gasteiger charge is 2.44. The topological polar surface area (TPSA) is 74.7 Å². The number of alkyl halides is 1. The molecule has 12 heteroatoms. The van der Waals surface area contributed by atoms with Crippen LogP contribution in [0.3, 0.4) is 0 Å². The Morgan fingerprint density at radius 3 is 2.74 bits per heavy atom. The van der Waals surface area contributed by atoms with E-state index in [1.54, 1.807) is 24.1 Å². The summed E-state index contributed by atoms with van der Waals surface area (Å²) in [7, 11) is 3.66. The molecule has 0 aliphatic carbocycles. The molecule has 6 rings (SSSR count). The van der Waals surface area contributed by atoms with Crippen molar-refractivity contribution in [3.8, 4) is 17.3 Å². The first-order valence-corrected chi connectivity index (χ1v) is 15.4. The van der Waals surface area contributed by atoms with Crippen LogP contribution in [0.4, 0.5) is 23.4 Å². The smallest absolute Gasteiger partial charge is 0.319 e. The Bertz CT molecular complexity index is 1820. The molecular formula is C34H36F4N6O2. The van der Waals surface area contributed by atoms with Crippen LogP contribution >= 0.6 is 0 Å². The maximum Gasteiger partial charge on any atom is 0.319 e. The second-order valence-electron chi connectivity index (χ2n) is 12.3. The van der Waals surface area contributed by atoms with Crippen LogP contribution in [0.5, 0.6) is 6.01 Å². The van der Waals surface area contributed by atoms with Crippen molar-refractivity contribution in [1.29, 1.82) is 0 Å². The minimum Gasteiger partial charge on any atom is -0.461 e. The number of carbonyl (C=O) groups excluding carboxylic acids is 1. The van der Waals surface area contributed by atoms with E-state index < -0.39 is 29.2 Å². The van der Waals surface area contributed by atoms with Gasteiger partial charge in [-0.05, 0) is 37.4 Å². The lowest BCUT2D eigenvalue weighted by Crippen LogP contribution is -2.46. The number of benzene rings is 2. The maximum atomic E-state index is 16.6. The van der Waals surface area contributed by atoms with Gasteiger partial charge < -0.3 is 14.5 Å². The number of amides is 1. The zero-order valence-electron chi connectivity index (χ0n) is 26.1. The Kier molecular flexibility index (Phi) is 8.58. The first-order valence-electron chi connectivity index (χ1n) is 15.4. The Balaban J connectivity index is 1.46. The summed E-state index contributed by atoms with van der Waals surface area (Å²) < 4.78 is 66.4. The molecule has 46 heavy (non-hydrogen) atoms. The van der Waals surface area contributed by atoms with E-state index in [0.717, 1.165) is 12.5 Å². The molecule has 0 unspecified atom stereocenters. The third-order valence-electron chi connectivity index (χ3n) is 9.39. The van der Waals surface area contributed by atoms with Crippen molar-refractivity contribution in [3.63, 3.8) is 0 Å². The number of hydrogen-bond acceptors (Lipinski definition) is 7. The van der Waals surface area contributed by atoms with Crippen molar-refractivity contribution >= 4 is 33.4 Å². The second-order valence-corrected chi connectivity index (χ2v) is 12.3. The lowest BCUT2D eigenvalue weighted by molar-refractivity contribution is -0.125. The van der Waals surface area contributed by atoms with E-state index in [9.17, 15) is 13.6 Å². The normalized spacial score (nSPS) is 21.8. The molecule has 242 valence electrons. The summed E-state index contributed by atoms with van der Waals surface area (Å²) in [4.78, 5) is 31.4. The minimum absolute atomic E-state index is 0.0296. The number of hydrogen-bond donors (Lipinski definition) is 0. The highest BCUT2D eigenvalue weighted by Crippen LogP contribution is 2.38. The van der Waals surface area contributed by atoms with Crippen LogP contribution in [0.1, 0.15) is 32.6 Å². The van der Waals surface area contributed by atoms with Crippen LogP contribution in [0.15, 0.2) is 49.2 Å². The Hall–Kier alpha value is -4.32. The van der Waals surface area contributed by atoms with Gasteiger partial charge in [0.25, 0.3) is 0 Å². The Morgan fingerprint density at radius 2 is 2.02 bits per heavy atom. The maximum absolute atomic E-state index is 16.6. The van der Waals surface area contributed by atoms with Crippen molar-refractivity contribution in [2.75, 3.05) is 45.2 Å². The number of carbonyl (C=O) groups is 1. The summed E-state index contributed by atoms with van der Waals surface area (Å²) >= 11 is 0. The SMILES string of the molecule is C=CC(=O)N1CC[C@@H](N(C)c2nc(OC[C@]3(CCC)C[C@@H](F)CN3C)nc3c(F)c(-c4cccc5cc(F)cc(F)c45)ncc23)C1. The van der Waals surface area contributed by atoms with Gasteiger partial charge in [-0.15, -0.1) is 0 Å². The fourth-order valence-corrected chi connectivity index (χ4v) is 6.96. The predicted octanol–water partition coefficient (Wildman–Crippen LogP) is 6.08. The molecule has 2 aromatic carbocycles. The van der Waals surface area contributed by atoms with E-state index in [0.29, 0.717) is 43.6 Å². The monoisotopic (exact) mass is 636 g/mol. The van der Waals surface area contributed by atoms with E-state index in [1.165, 1.54) is 24.4 Å². The van der Waals surface area contributed by atoms with Gasteiger partial charge in [0.05, 0.1) is 10.9 Å². The summed E-state index contributed by atoms with van der Waals surface area (Å²) in [6.07, 6.45) is 4.14. The van der Waals surface area contributed by atoms with Crippen molar-refractivity contribution in [2.24, 2.45) is 0 Å². The van der Waals surface area contributed by atoms with Crippen molar-refractivity contribution in [2.45, 2.75) is 50.4 Å². The van der Waals surface area contributed by atoms with Gasteiger partial charge in [0, 0.05) is 62.4 Å². The quantitative estimate of drug-likeness (QED) is 0.163. The molecule has 0 bridgehead atoms. The molecule has 3 atom stereocenters. The zero-order valence-corrected chi connectivity index (χ0v) is 26.1. The van der Waals surface area contributed by atoms with E-state index in [-0.39, 0.29) is 58.7 Å². The number of nitrogens with zero attached hydrogens (tertiary/aromatic N) is 6. The zero-order chi connectivity index (χ0) is 32.7. The summed E-state index contributed by atoms with van der Waals surface area (Å²) in [6, 6.07) is 6.32. The van der Waals surface area contributed by atoms with Crippen LogP contribution in [0.25, 0.3) is 32.9 Å². The molecule has 0 N–H and O–H groups in total. The molecule has 0 spiro atoms. The minimum atomic E-state index is -0.997. The Morgan fingerprint density at radius 1 is 1.22 bits per heavy atom. The fourth-order valence-electron chi connectivity index (χ4n) is 6.96. The van der Waals surface area contributed by atoms with Gasteiger partial charge in [0.2, 0.25) is 5.91 Å². The standard InChI is InChI=1S/C34H36F4N6O2/c1-5-11-34(15-22(36)17-42(34)3)19-46-33-40-31-25(32(41-33)43(4)23-10-12-44(18-23)27(45)6-2)16-39-30(29(31)38)24-9-7-8-20-13-21(35)14-26(37)28(20)24/h6-9,13-14,16,22-23H,2,5,10-12,15,17-19H2,1,3-4H3/t22-,23-,34+/m1/s1. The van der Waals surface area contributed by atoms with Crippen LogP contribution < -0.4 is 9.64 Å². The molecule has 0 radical (unpaired) electrons. The summed E-state index contributed by atoms with van der Waals surface area (Å²) in [5, 5.41) is 0.583. The third kappa shape index (κ3) is 5.63. The van der Waals surface area contributed by atoms with Crippen LogP contribution in [0, 0.1) is 17.5 Å². The first-order chi connectivity index (χ1) is 22.0. The number of aromatic nitrogens is 3. The average Bonchev–Trinajstić information content (AvgIpc) is 3.63. The van der Waals surface area contributed by atoms with Crippen molar-refractivity contribution in [3.05, 3.63) is 66.6 Å². The molecule has 1 amide bonds. The molecule has 4 heterocycles. The van der Waals surface area contributed by atoms with Gasteiger partial charge >= 0.3 is 6.01 Å². The van der Waals surface area contributed by atoms with Crippen molar-refractivity contribution < 1.29 is 27.1 Å². The van der Waals surface area contributed by atoms with Gasteiger partial charge in [-0.1, -0.05) is 38.1 Å². The van der Waals surface area contributed by atoms with E-state index >= 15 is 8.78 Å². The number of ether oxygens (including phenoxy) is 1. The first kappa shape index (κ1) is 31.7. The lowest BCUT2D eigenvalue weighted by atomic mass is 9.91. The predicted molar refractivity (Wildman–Crippen MR) is 169 cm³/mol. The van der Waals surface area contributed by atoms with E-state index in [1.807, 2.05) is 23.8 Å². The molecule has 2 aliphatic heterocycles. The molecule has 2 fully saturated rings. The largest absolute Gasteiger partial charge is 0.461 e. The number of likely N-dealkylation sites (N-methyl/N-ethyl adjacent to an activating group) is 2. The highest BCUT2D eigenvalue weighted by molar-refractivity contribution is 5.99. The molecule has 8 nitrogen and oxygen atoms in total. The molecular weight excluding hydrogens is 600 g/mol. The number of halogens is 4. The number of fused-ring (bicyclic) bond motifs is 2. The summed E-state index contributed by atoms with van der Waals surface area (Å²) in [5.41, 5.74) is -0.694. The van der Waals surface area contributed by atoms with Crippen LogP contribution in [-0.2, 0) is 4.79 Å². The van der Waals surface area contributed by atoms with Crippen LogP contribution in [0.2, 0.25) is 0 Å². The van der Waals surface area contributed by atoms with Crippen molar-refractivity contribution in [1.82, 2.24) is 24.8 Å². The fraction of sp³-hybridized carbons (Fsp3) is 0.412. The Labute approximate surface area is 264 Å². The van der Waals surface area contributed by atoms with E-state index in [4.69, 9.17) is 9.72 Å². The molecule has 0 saturated carbocycles. The third-order valence-corrected chi connectivity index (χ3v) is 9.39.